The summed E-state index contributed by atoms with van der Waals surface area (Å²) in [5, 5.41) is 17.4. The lowest BCUT2D eigenvalue weighted by Gasteiger charge is -2.09. The lowest BCUT2D eigenvalue weighted by molar-refractivity contribution is -0.138. The van der Waals surface area contributed by atoms with Crippen molar-refractivity contribution in [1.29, 1.82) is 0 Å². The molecular weight excluding hydrogens is 226 g/mol. The Morgan fingerprint density at radius 1 is 1.59 bits per heavy atom. The zero-order valence-electron chi connectivity index (χ0n) is 9.67. The third-order valence-electron chi connectivity index (χ3n) is 2.00. The molecule has 1 aromatic heterocycles. The lowest BCUT2D eigenvalue weighted by Crippen LogP contribution is -2.44. The Labute approximate surface area is 98.0 Å². The number of carboxylic acid groups (broad SMARTS) is 1. The van der Waals surface area contributed by atoms with Crippen LogP contribution in [0.4, 0.5) is 4.79 Å². The number of aryl methyl sites for hydroxylation is 1. The number of carbonyl (C=O) groups is 2. The van der Waals surface area contributed by atoms with E-state index in [0.29, 0.717) is 18.8 Å². The van der Waals surface area contributed by atoms with E-state index in [1.807, 2.05) is 0 Å². The molecule has 8 heteroatoms. The van der Waals surface area contributed by atoms with Crippen LogP contribution in [0.1, 0.15) is 12.7 Å². The standard InChI is InChI=1S/C9H15N5O3/c1-6(8(15)16)12-9(17)10-4-3-7-11-5-14(2)13-7/h5-6H,3-4H2,1-2H3,(H,15,16)(H2,10,12,17)/t6-/m0/s1. The fourth-order valence-corrected chi connectivity index (χ4v) is 1.10. The van der Waals surface area contributed by atoms with E-state index in [9.17, 15) is 9.59 Å². The Balaban J connectivity index is 2.22. The van der Waals surface area contributed by atoms with Crippen molar-refractivity contribution in [3.8, 4) is 0 Å². The SMILES string of the molecule is C[C@H](NC(=O)NCCc1ncn(C)n1)C(=O)O. The smallest absolute Gasteiger partial charge is 0.325 e. The minimum atomic E-state index is -1.08. The molecule has 1 aromatic rings. The number of carbonyl (C=O) groups excluding carboxylic acids is 1. The zero-order valence-corrected chi connectivity index (χ0v) is 9.67. The summed E-state index contributed by atoms with van der Waals surface area (Å²) < 4.78 is 1.57. The fourth-order valence-electron chi connectivity index (χ4n) is 1.10. The van der Waals surface area contributed by atoms with Gasteiger partial charge in [0.1, 0.15) is 12.4 Å². The molecule has 0 aromatic carbocycles. The van der Waals surface area contributed by atoms with E-state index >= 15 is 0 Å². The molecular formula is C9H15N5O3. The topological polar surface area (TPSA) is 109 Å². The van der Waals surface area contributed by atoms with Gasteiger partial charge in [-0.05, 0) is 6.92 Å². The summed E-state index contributed by atoms with van der Waals surface area (Å²) in [4.78, 5) is 25.7. The third-order valence-corrected chi connectivity index (χ3v) is 2.00. The van der Waals surface area contributed by atoms with Crippen LogP contribution in [0.5, 0.6) is 0 Å². The van der Waals surface area contributed by atoms with Gasteiger partial charge in [-0.1, -0.05) is 0 Å². The van der Waals surface area contributed by atoms with Crippen molar-refractivity contribution >= 4 is 12.0 Å². The van der Waals surface area contributed by atoms with Gasteiger partial charge in [0.2, 0.25) is 0 Å². The Morgan fingerprint density at radius 3 is 2.82 bits per heavy atom. The fraction of sp³-hybridized carbons (Fsp3) is 0.556. The molecule has 0 bridgehead atoms. The van der Waals surface area contributed by atoms with Crippen molar-refractivity contribution in [3.05, 3.63) is 12.2 Å². The summed E-state index contributed by atoms with van der Waals surface area (Å²) >= 11 is 0. The van der Waals surface area contributed by atoms with Crippen LogP contribution in [-0.2, 0) is 18.3 Å². The van der Waals surface area contributed by atoms with Gasteiger partial charge in [-0.3, -0.25) is 9.48 Å². The first kappa shape index (κ1) is 12.9. The summed E-state index contributed by atoms with van der Waals surface area (Å²) in [5.41, 5.74) is 0. The highest BCUT2D eigenvalue weighted by Crippen LogP contribution is 1.88. The van der Waals surface area contributed by atoms with E-state index < -0.39 is 18.0 Å². The number of hydrogen-bond donors (Lipinski definition) is 3. The zero-order chi connectivity index (χ0) is 12.8. The van der Waals surface area contributed by atoms with Gasteiger partial charge in [-0.25, -0.2) is 9.78 Å². The number of rotatable bonds is 5. The molecule has 0 spiro atoms. The summed E-state index contributed by atoms with van der Waals surface area (Å²) in [7, 11) is 1.76. The molecule has 94 valence electrons. The van der Waals surface area contributed by atoms with Gasteiger partial charge in [0.05, 0.1) is 0 Å². The van der Waals surface area contributed by atoms with Crippen LogP contribution in [0.15, 0.2) is 6.33 Å². The molecule has 2 amide bonds. The van der Waals surface area contributed by atoms with E-state index in [-0.39, 0.29) is 0 Å². The van der Waals surface area contributed by atoms with Gasteiger partial charge in [0.25, 0.3) is 0 Å². The molecule has 1 heterocycles. The van der Waals surface area contributed by atoms with Crippen LogP contribution < -0.4 is 10.6 Å². The predicted molar refractivity (Wildman–Crippen MR) is 58.3 cm³/mol. The van der Waals surface area contributed by atoms with E-state index in [2.05, 4.69) is 20.7 Å². The Morgan fingerprint density at radius 2 is 2.29 bits per heavy atom. The maximum absolute atomic E-state index is 11.2. The van der Waals surface area contributed by atoms with Crippen molar-refractivity contribution in [2.75, 3.05) is 6.54 Å². The average Bonchev–Trinajstić information content (AvgIpc) is 2.64. The largest absolute Gasteiger partial charge is 0.480 e. The summed E-state index contributed by atoms with van der Waals surface area (Å²) in [6.07, 6.45) is 2.07. The van der Waals surface area contributed by atoms with Crippen molar-refractivity contribution in [2.45, 2.75) is 19.4 Å². The Kier molecular flexibility index (Phi) is 4.44. The molecule has 0 radical (unpaired) electrons. The second-order valence-corrected chi connectivity index (χ2v) is 3.54. The maximum atomic E-state index is 11.2. The number of aromatic nitrogens is 3. The van der Waals surface area contributed by atoms with Gasteiger partial charge in [0.15, 0.2) is 5.82 Å². The molecule has 17 heavy (non-hydrogen) atoms. The van der Waals surface area contributed by atoms with Crippen LogP contribution in [0.2, 0.25) is 0 Å². The molecule has 0 unspecified atom stereocenters. The normalized spacial score (nSPS) is 11.9. The quantitative estimate of drug-likeness (QED) is 0.621. The number of hydrogen-bond acceptors (Lipinski definition) is 4. The summed E-state index contributed by atoms with van der Waals surface area (Å²) in [5.74, 6) is -0.453. The van der Waals surface area contributed by atoms with Crippen LogP contribution in [0.3, 0.4) is 0 Å². The third kappa shape index (κ3) is 4.49. The molecule has 3 N–H and O–H groups in total. The Hall–Kier alpha value is -2.12. The number of amides is 2. The van der Waals surface area contributed by atoms with Crippen LogP contribution in [0.25, 0.3) is 0 Å². The van der Waals surface area contributed by atoms with Gasteiger partial charge in [0, 0.05) is 20.0 Å². The maximum Gasteiger partial charge on any atom is 0.325 e. The monoisotopic (exact) mass is 241 g/mol. The molecule has 0 saturated heterocycles. The van der Waals surface area contributed by atoms with E-state index in [1.165, 1.54) is 6.92 Å². The number of aliphatic carboxylic acids is 1. The highest BCUT2D eigenvalue weighted by Gasteiger charge is 2.13. The lowest BCUT2D eigenvalue weighted by atomic mass is 10.3. The van der Waals surface area contributed by atoms with Crippen molar-refractivity contribution in [1.82, 2.24) is 25.4 Å². The van der Waals surface area contributed by atoms with Gasteiger partial charge >= 0.3 is 12.0 Å². The average molecular weight is 241 g/mol. The van der Waals surface area contributed by atoms with Gasteiger partial charge < -0.3 is 15.7 Å². The predicted octanol–water partition coefficient (Wildman–Crippen LogP) is -0.870. The molecule has 0 aliphatic carbocycles. The minimum absolute atomic E-state index is 0.349. The van der Waals surface area contributed by atoms with Crippen molar-refractivity contribution in [3.63, 3.8) is 0 Å². The molecule has 0 aliphatic rings. The molecule has 1 rings (SSSR count). The number of urea groups is 1. The molecule has 0 fully saturated rings. The van der Waals surface area contributed by atoms with E-state index in [0.717, 1.165) is 0 Å². The highest BCUT2D eigenvalue weighted by atomic mass is 16.4. The Bertz CT molecular complexity index is 403. The molecule has 0 saturated carbocycles. The molecule has 0 aliphatic heterocycles. The van der Waals surface area contributed by atoms with Crippen LogP contribution >= 0.6 is 0 Å². The number of nitrogens with one attached hydrogen (secondary N) is 2. The molecule has 1 atom stereocenters. The van der Waals surface area contributed by atoms with Crippen molar-refractivity contribution < 1.29 is 14.7 Å². The van der Waals surface area contributed by atoms with Gasteiger partial charge in [-0.2, -0.15) is 5.10 Å². The summed E-state index contributed by atoms with van der Waals surface area (Å²) in [6.45, 7) is 1.74. The van der Waals surface area contributed by atoms with E-state index in [1.54, 1.807) is 18.1 Å². The first-order valence-corrected chi connectivity index (χ1v) is 5.10. The highest BCUT2D eigenvalue weighted by molar-refractivity contribution is 5.82. The number of nitrogens with zero attached hydrogens (tertiary/aromatic N) is 3. The van der Waals surface area contributed by atoms with Gasteiger partial charge in [-0.15, -0.1) is 0 Å². The van der Waals surface area contributed by atoms with Crippen LogP contribution in [0, 0.1) is 0 Å². The second-order valence-electron chi connectivity index (χ2n) is 3.54. The summed E-state index contributed by atoms with van der Waals surface area (Å²) in [6, 6.07) is -1.43. The first-order chi connectivity index (χ1) is 7.99. The molecule has 8 nitrogen and oxygen atoms in total. The van der Waals surface area contributed by atoms with Crippen molar-refractivity contribution in [2.24, 2.45) is 7.05 Å². The second kappa shape index (κ2) is 5.83. The van der Waals surface area contributed by atoms with E-state index in [4.69, 9.17) is 5.11 Å². The van der Waals surface area contributed by atoms with Crippen LogP contribution in [-0.4, -0.2) is 44.5 Å². The minimum Gasteiger partial charge on any atom is -0.480 e. The first-order valence-electron chi connectivity index (χ1n) is 5.10. The number of carboxylic acids is 1.